The zero-order valence-corrected chi connectivity index (χ0v) is 11.7. The number of hydrogen-bond donors (Lipinski definition) is 1. The number of nitrogens with zero attached hydrogens (tertiary/aromatic N) is 2. The zero-order valence-electron chi connectivity index (χ0n) is 11.7. The highest BCUT2D eigenvalue weighted by Crippen LogP contribution is 2.18. The van der Waals surface area contributed by atoms with Gasteiger partial charge in [0.2, 0.25) is 0 Å². The Bertz CT molecular complexity index is 540. The first kappa shape index (κ1) is 14.5. The van der Waals surface area contributed by atoms with Crippen LogP contribution in [0.25, 0.3) is 0 Å². The zero-order chi connectivity index (χ0) is 14.6. The quantitative estimate of drug-likeness (QED) is 0.765. The Balaban J connectivity index is 2.09. The van der Waals surface area contributed by atoms with Crippen molar-refractivity contribution in [3.8, 4) is 11.8 Å². The number of morpholine rings is 1. The maximum atomic E-state index is 12.3. The molecule has 1 fully saturated rings. The summed E-state index contributed by atoms with van der Waals surface area (Å²) in [6, 6.07) is 3.39. The summed E-state index contributed by atoms with van der Waals surface area (Å²) in [6.45, 7) is 5.42. The molecule has 0 atom stereocenters. The van der Waals surface area contributed by atoms with Crippen molar-refractivity contribution in [3.05, 3.63) is 29.6 Å². The van der Waals surface area contributed by atoms with Gasteiger partial charge in [-0.25, -0.2) is 4.98 Å². The third-order valence-electron chi connectivity index (χ3n) is 3.01. The highest BCUT2D eigenvalue weighted by molar-refractivity contribution is 5.92. The minimum Gasteiger partial charge on any atom is -0.384 e. The second kappa shape index (κ2) is 6.04. The van der Waals surface area contributed by atoms with Crippen LogP contribution in [0.2, 0.25) is 0 Å². The van der Waals surface area contributed by atoms with Crippen LogP contribution in [0.15, 0.2) is 18.3 Å². The first-order valence-electron chi connectivity index (χ1n) is 6.51. The van der Waals surface area contributed by atoms with Crippen molar-refractivity contribution in [2.45, 2.75) is 19.4 Å². The molecule has 2 heterocycles. The molecule has 1 N–H and O–H groups in total. The van der Waals surface area contributed by atoms with Gasteiger partial charge in [0.15, 0.2) is 0 Å². The number of aromatic nitrogens is 1. The van der Waals surface area contributed by atoms with Gasteiger partial charge in [-0.15, -0.1) is 0 Å². The van der Waals surface area contributed by atoms with E-state index in [0.717, 1.165) is 0 Å². The molecule has 106 valence electrons. The molecule has 2 rings (SSSR count). The van der Waals surface area contributed by atoms with E-state index in [1.54, 1.807) is 23.2 Å². The number of carbonyl (C=O) groups is 1. The van der Waals surface area contributed by atoms with Crippen LogP contribution in [0.5, 0.6) is 0 Å². The maximum absolute atomic E-state index is 12.3. The molecule has 5 nitrogen and oxygen atoms in total. The van der Waals surface area contributed by atoms with Crippen LogP contribution in [0, 0.1) is 11.8 Å². The predicted molar refractivity (Wildman–Crippen MR) is 74.1 cm³/mol. The van der Waals surface area contributed by atoms with Crippen LogP contribution in [-0.4, -0.2) is 52.8 Å². The van der Waals surface area contributed by atoms with E-state index in [2.05, 4.69) is 16.8 Å². The first-order chi connectivity index (χ1) is 9.52. The van der Waals surface area contributed by atoms with Crippen molar-refractivity contribution in [1.29, 1.82) is 0 Å². The Morgan fingerprint density at radius 2 is 2.35 bits per heavy atom. The number of aliphatic hydroxyl groups is 1. The molecule has 1 saturated heterocycles. The third-order valence-corrected chi connectivity index (χ3v) is 3.01. The van der Waals surface area contributed by atoms with Gasteiger partial charge in [-0.3, -0.25) is 4.79 Å². The molecule has 5 heteroatoms. The molecular formula is C15H18N2O3. The average molecular weight is 274 g/mol. The number of ether oxygens (including phenoxy) is 1. The molecule has 0 saturated carbocycles. The van der Waals surface area contributed by atoms with Crippen molar-refractivity contribution >= 4 is 5.91 Å². The van der Waals surface area contributed by atoms with Gasteiger partial charge in [0.25, 0.3) is 5.91 Å². The molecule has 1 aromatic heterocycles. The maximum Gasteiger partial charge on any atom is 0.272 e. The van der Waals surface area contributed by atoms with Crippen LogP contribution in [0.4, 0.5) is 0 Å². The number of carbonyl (C=O) groups excluding carboxylic acids is 1. The SMILES string of the molecule is CC1(C)CN(C(=O)c2ccc(C#CCO)cn2)CCO1. The number of pyridine rings is 1. The highest BCUT2D eigenvalue weighted by Gasteiger charge is 2.30. The number of aliphatic hydroxyl groups excluding tert-OH is 1. The fourth-order valence-corrected chi connectivity index (χ4v) is 2.09. The number of hydrogen-bond acceptors (Lipinski definition) is 4. The molecule has 1 aliphatic heterocycles. The van der Waals surface area contributed by atoms with Gasteiger partial charge >= 0.3 is 0 Å². The summed E-state index contributed by atoms with van der Waals surface area (Å²) < 4.78 is 5.59. The molecule has 0 spiro atoms. The summed E-state index contributed by atoms with van der Waals surface area (Å²) in [7, 11) is 0. The van der Waals surface area contributed by atoms with Gasteiger partial charge in [0, 0.05) is 24.8 Å². The van der Waals surface area contributed by atoms with Crippen molar-refractivity contribution in [3.63, 3.8) is 0 Å². The molecule has 20 heavy (non-hydrogen) atoms. The van der Waals surface area contributed by atoms with Crippen molar-refractivity contribution in [1.82, 2.24) is 9.88 Å². The molecule has 0 aromatic carbocycles. The highest BCUT2D eigenvalue weighted by atomic mass is 16.5. The number of amides is 1. The van der Waals surface area contributed by atoms with Gasteiger partial charge in [0.1, 0.15) is 12.3 Å². The summed E-state index contributed by atoms with van der Waals surface area (Å²) >= 11 is 0. The summed E-state index contributed by atoms with van der Waals surface area (Å²) in [5, 5.41) is 8.62. The van der Waals surface area contributed by atoms with Crippen LogP contribution in [0.1, 0.15) is 29.9 Å². The van der Waals surface area contributed by atoms with Gasteiger partial charge in [0.05, 0.1) is 12.2 Å². The van der Waals surface area contributed by atoms with E-state index in [4.69, 9.17) is 9.84 Å². The monoisotopic (exact) mass is 274 g/mol. The van der Waals surface area contributed by atoms with Crippen LogP contribution < -0.4 is 0 Å². The second-order valence-corrected chi connectivity index (χ2v) is 5.23. The topological polar surface area (TPSA) is 62.7 Å². The lowest BCUT2D eigenvalue weighted by Crippen LogP contribution is -2.50. The van der Waals surface area contributed by atoms with Crippen LogP contribution in [-0.2, 0) is 4.74 Å². The van der Waals surface area contributed by atoms with Crippen molar-refractivity contribution in [2.24, 2.45) is 0 Å². The minimum atomic E-state index is -0.319. The predicted octanol–water partition coefficient (Wildman–Crippen LogP) is 0.676. The fraction of sp³-hybridized carbons (Fsp3) is 0.467. The molecular weight excluding hydrogens is 256 g/mol. The minimum absolute atomic E-state index is 0.0944. The van der Waals surface area contributed by atoms with Gasteiger partial charge in [-0.2, -0.15) is 0 Å². The molecule has 0 unspecified atom stereocenters. The first-order valence-corrected chi connectivity index (χ1v) is 6.51. The molecule has 0 aliphatic carbocycles. The molecule has 1 aromatic rings. The molecule has 0 radical (unpaired) electrons. The third kappa shape index (κ3) is 3.56. The Kier molecular flexibility index (Phi) is 4.38. The summed E-state index contributed by atoms with van der Waals surface area (Å²) in [5.74, 6) is 5.19. The molecule has 1 amide bonds. The van der Waals surface area contributed by atoms with E-state index in [0.29, 0.717) is 31.0 Å². The summed E-state index contributed by atoms with van der Waals surface area (Å²) in [4.78, 5) is 18.2. The average Bonchev–Trinajstić information content (AvgIpc) is 2.44. The number of rotatable bonds is 1. The van der Waals surface area contributed by atoms with E-state index in [1.165, 1.54) is 0 Å². The standard InChI is InChI=1S/C15H18N2O3/c1-15(2)11-17(7-9-20-15)14(19)13-6-5-12(10-16-13)4-3-8-18/h5-6,10,18H,7-9,11H2,1-2H3. The van der Waals surface area contributed by atoms with E-state index < -0.39 is 0 Å². The Morgan fingerprint density at radius 3 is 2.95 bits per heavy atom. The van der Waals surface area contributed by atoms with Crippen molar-refractivity contribution < 1.29 is 14.6 Å². The smallest absolute Gasteiger partial charge is 0.272 e. The van der Waals surface area contributed by atoms with E-state index in [1.807, 2.05) is 13.8 Å². The van der Waals surface area contributed by atoms with Crippen LogP contribution in [0.3, 0.4) is 0 Å². The van der Waals surface area contributed by atoms with Gasteiger partial charge < -0.3 is 14.7 Å². The molecule has 0 bridgehead atoms. The largest absolute Gasteiger partial charge is 0.384 e. The van der Waals surface area contributed by atoms with E-state index in [9.17, 15) is 4.79 Å². The normalized spacial score (nSPS) is 17.2. The Hall–Kier alpha value is -1.90. The Morgan fingerprint density at radius 1 is 1.55 bits per heavy atom. The van der Waals surface area contributed by atoms with Gasteiger partial charge in [-0.05, 0) is 26.0 Å². The molecule has 1 aliphatic rings. The van der Waals surface area contributed by atoms with Crippen LogP contribution >= 0.6 is 0 Å². The lowest BCUT2D eigenvalue weighted by molar-refractivity contribution is -0.0765. The summed E-state index contributed by atoms with van der Waals surface area (Å²) in [6.07, 6.45) is 1.54. The summed E-state index contributed by atoms with van der Waals surface area (Å²) in [5.41, 5.74) is 0.760. The van der Waals surface area contributed by atoms with Crippen molar-refractivity contribution in [2.75, 3.05) is 26.3 Å². The fourth-order valence-electron chi connectivity index (χ4n) is 2.09. The van der Waals surface area contributed by atoms with E-state index >= 15 is 0 Å². The Labute approximate surface area is 118 Å². The lowest BCUT2D eigenvalue weighted by Gasteiger charge is -2.37. The lowest BCUT2D eigenvalue weighted by atomic mass is 10.1. The second-order valence-electron chi connectivity index (χ2n) is 5.23. The van der Waals surface area contributed by atoms with Gasteiger partial charge in [-0.1, -0.05) is 11.8 Å². The van der Waals surface area contributed by atoms with E-state index in [-0.39, 0.29) is 18.1 Å².